The van der Waals surface area contributed by atoms with E-state index >= 15 is 0 Å². The van der Waals surface area contributed by atoms with Crippen molar-refractivity contribution in [2.45, 2.75) is 27.2 Å². The molecule has 2 aliphatic carbocycles. The standard InChI is InChI=1S/C25H24N2O3/c1-13-6-4-9-20(15(13)3)26-23(28)16-7-5-8-18(11-16)27-24(29)21-17-10-14(2)19(12-17)22(21)25(27)30/h4-11,17,19,21-22H,12H2,1-3H3,(H,26,28)/t17-,19-,21-,22+/m1/s1. The third-order valence-electron chi connectivity index (χ3n) is 7.10. The van der Waals surface area contributed by atoms with E-state index in [1.165, 1.54) is 10.5 Å². The number of anilines is 2. The molecule has 2 fully saturated rings. The molecule has 1 aliphatic heterocycles. The summed E-state index contributed by atoms with van der Waals surface area (Å²) in [6.07, 6.45) is 3.07. The van der Waals surface area contributed by atoms with Gasteiger partial charge in [0.15, 0.2) is 0 Å². The van der Waals surface area contributed by atoms with Gasteiger partial charge in [-0.1, -0.05) is 29.8 Å². The predicted octanol–water partition coefficient (Wildman–Crippen LogP) is 4.26. The number of imide groups is 1. The van der Waals surface area contributed by atoms with Crippen LogP contribution in [0.5, 0.6) is 0 Å². The molecule has 0 radical (unpaired) electrons. The molecule has 3 aliphatic rings. The van der Waals surface area contributed by atoms with E-state index in [0.29, 0.717) is 11.3 Å². The Kier molecular flexibility index (Phi) is 4.17. The SMILES string of the molecule is CC1=C[C@@H]2C[C@H]1[C@@H]1C(=O)N(c3cccc(C(=O)Nc4cccc(C)c4C)c3)C(=O)[C@@H]12. The van der Waals surface area contributed by atoms with Crippen LogP contribution >= 0.6 is 0 Å². The first-order valence-corrected chi connectivity index (χ1v) is 10.4. The van der Waals surface area contributed by atoms with Crippen LogP contribution in [-0.4, -0.2) is 17.7 Å². The quantitative estimate of drug-likeness (QED) is 0.618. The normalized spacial score (nSPS) is 26.8. The van der Waals surface area contributed by atoms with E-state index in [4.69, 9.17) is 0 Å². The Morgan fingerprint density at radius 1 is 1.00 bits per heavy atom. The summed E-state index contributed by atoms with van der Waals surface area (Å²) < 4.78 is 0. The second-order valence-corrected chi connectivity index (χ2v) is 8.73. The van der Waals surface area contributed by atoms with E-state index in [0.717, 1.165) is 23.2 Å². The van der Waals surface area contributed by atoms with Gasteiger partial charge in [0.05, 0.1) is 17.5 Å². The van der Waals surface area contributed by atoms with Crippen molar-refractivity contribution in [3.8, 4) is 0 Å². The van der Waals surface area contributed by atoms with Gasteiger partial charge in [-0.3, -0.25) is 14.4 Å². The Bertz CT molecular complexity index is 1130. The van der Waals surface area contributed by atoms with Gasteiger partial charge in [-0.2, -0.15) is 0 Å². The number of aryl methyl sites for hydroxylation is 1. The lowest BCUT2D eigenvalue weighted by Crippen LogP contribution is -2.33. The monoisotopic (exact) mass is 400 g/mol. The summed E-state index contributed by atoms with van der Waals surface area (Å²) in [7, 11) is 0. The minimum Gasteiger partial charge on any atom is -0.322 e. The van der Waals surface area contributed by atoms with E-state index in [2.05, 4.69) is 18.3 Å². The molecule has 0 aromatic heterocycles. The average Bonchev–Trinajstić information content (AvgIpc) is 3.36. The Labute approximate surface area is 175 Å². The fourth-order valence-corrected chi connectivity index (χ4v) is 5.40. The van der Waals surface area contributed by atoms with Crippen molar-refractivity contribution in [2.24, 2.45) is 23.7 Å². The molecule has 0 unspecified atom stereocenters. The van der Waals surface area contributed by atoms with Crippen molar-refractivity contribution in [2.75, 3.05) is 10.2 Å². The maximum atomic E-state index is 13.2. The van der Waals surface area contributed by atoms with Crippen molar-refractivity contribution >= 4 is 29.1 Å². The molecule has 5 rings (SSSR count). The first-order valence-electron chi connectivity index (χ1n) is 10.4. The summed E-state index contributed by atoms with van der Waals surface area (Å²) in [5.41, 5.74) is 4.99. The number of nitrogens with zero attached hydrogens (tertiary/aromatic N) is 1. The number of amides is 3. The molecular weight excluding hydrogens is 376 g/mol. The lowest BCUT2D eigenvalue weighted by molar-refractivity contribution is -0.123. The van der Waals surface area contributed by atoms with Crippen molar-refractivity contribution in [1.29, 1.82) is 0 Å². The zero-order valence-corrected chi connectivity index (χ0v) is 17.3. The van der Waals surface area contributed by atoms with Crippen LogP contribution in [0.1, 0.15) is 34.8 Å². The van der Waals surface area contributed by atoms with Gasteiger partial charge in [0, 0.05) is 11.3 Å². The molecule has 4 atom stereocenters. The maximum Gasteiger partial charge on any atom is 0.255 e. The molecule has 0 spiro atoms. The fourth-order valence-electron chi connectivity index (χ4n) is 5.40. The first-order chi connectivity index (χ1) is 14.4. The molecule has 2 bridgehead atoms. The van der Waals surface area contributed by atoms with Crippen molar-refractivity contribution in [1.82, 2.24) is 0 Å². The van der Waals surface area contributed by atoms with Crippen LogP contribution in [0.4, 0.5) is 11.4 Å². The van der Waals surface area contributed by atoms with Crippen LogP contribution in [0.2, 0.25) is 0 Å². The highest BCUT2D eigenvalue weighted by Crippen LogP contribution is 2.55. The van der Waals surface area contributed by atoms with Crippen LogP contribution in [0.25, 0.3) is 0 Å². The summed E-state index contributed by atoms with van der Waals surface area (Å²) in [5.74, 6) is -0.680. The fraction of sp³-hybridized carbons (Fsp3) is 0.320. The highest BCUT2D eigenvalue weighted by Gasteiger charge is 2.60. The zero-order chi connectivity index (χ0) is 21.2. The summed E-state index contributed by atoms with van der Waals surface area (Å²) in [4.78, 5) is 40.4. The molecule has 1 saturated heterocycles. The average molecular weight is 400 g/mol. The topological polar surface area (TPSA) is 66.5 Å². The zero-order valence-electron chi connectivity index (χ0n) is 17.3. The molecule has 152 valence electrons. The molecule has 3 amide bonds. The minimum absolute atomic E-state index is 0.128. The summed E-state index contributed by atoms with van der Waals surface area (Å²) in [6, 6.07) is 12.6. The van der Waals surface area contributed by atoms with Gasteiger partial charge in [-0.25, -0.2) is 4.90 Å². The molecule has 5 heteroatoms. The summed E-state index contributed by atoms with van der Waals surface area (Å²) in [6.45, 7) is 6.02. The van der Waals surface area contributed by atoms with Crippen molar-refractivity contribution in [3.63, 3.8) is 0 Å². The Balaban J connectivity index is 1.42. The van der Waals surface area contributed by atoms with Gasteiger partial charge in [0.25, 0.3) is 5.91 Å². The third kappa shape index (κ3) is 2.65. The van der Waals surface area contributed by atoms with E-state index < -0.39 is 0 Å². The van der Waals surface area contributed by atoms with Gasteiger partial charge >= 0.3 is 0 Å². The molecule has 1 saturated carbocycles. The number of carbonyl (C=O) groups is 3. The second kappa shape index (κ2) is 6.66. The Hall–Kier alpha value is -3.21. The van der Waals surface area contributed by atoms with Crippen LogP contribution in [0.3, 0.4) is 0 Å². The predicted molar refractivity (Wildman–Crippen MR) is 115 cm³/mol. The summed E-state index contributed by atoms with van der Waals surface area (Å²) in [5, 5.41) is 2.94. The van der Waals surface area contributed by atoms with E-state index in [-0.39, 0.29) is 41.4 Å². The number of allylic oxidation sites excluding steroid dienone is 2. The largest absolute Gasteiger partial charge is 0.322 e. The van der Waals surface area contributed by atoms with Crippen LogP contribution in [0, 0.1) is 37.5 Å². The van der Waals surface area contributed by atoms with E-state index in [9.17, 15) is 14.4 Å². The van der Waals surface area contributed by atoms with Gasteiger partial charge in [0.1, 0.15) is 0 Å². The third-order valence-corrected chi connectivity index (χ3v) is 7.10. The smallest absolute Gasteiger partial charge is 0.255 e. The van der Waals surface area contributed by atoms with Gasteiger partial charge < -0.3 is 5.32 Å². The molecular formula is C25H24N2O3. The Morgan fingerprint density at radius 3 is 2.53 bits per heavy atom. The van der Waals surface area contributed by atoms with E-state index in [1.54, 1.807) is 24.3 Å². The molecule has 1 N–H and O–H groups in total. The lowest BCUT2D eigenvalue weighted by atomic mass is 9.82. The number of nitrogens with one attached hydrogen (secondary N) is 1. The molecule has 1 heterocycles. The highest BCUT2D eigenvalue weighted by atomic mass is 16.2. The second-order valence-electron chi connectivity index (χ2n) is 8.73. The van der Waals surface area contributed by atoms with Crippen LogP contribution in [0.15, 0.2) is 54.1 Å². The number of rotatable bonds is 3. The van der Waals surface area contributed by atoms with Crippen molar-refractivity contribution in [3.05, 3.63) is 70.8 Å². The van der Waals surface area contributed by atoms with Gasteiger partial charge in [-0.15, -0.1) is 0 Å². The number of carbonyl (C=O) groups excluding carboxylic acids is 3. The summed E-state index contributed by atoms with van der Waals surface area (Å²) >= 11 is 0. The van der Waals surface area contributed by atoms with Crippen LogP contribution < -0.4 is 10.2 Å². The van der Waals surface area contributed by atoms with Gasteiger partial charge in [0.2, 0.25) is 11.8 Å². The number of fused-ring (bicyclic) bond motifs is 5. The minimum atomic E-state index is -0.262. The number of hydrogen-bond acceptors (Lipinski definition) is 3. The molecule has 2 aromatic rings. The first kappa shape index (κ1) is 18.8. The number of benzene rings is 2. The number of hydrogen-bond donors (Lipinski definition) is 1. The van der Waals surface area contributed by atoms with E-state index in [1.807, 2.05) is 32.0 Å². The Morgan fingerprint density at radius 2 is 1.73 bits per heavy atom. The highest BCUT2D eigenvalue weighted by molar-refractivity contribution is 6.23. The van der Waals surface area contributed by atoms with Crippen molar-refractivity contribution < 1.29 is 14.4 Å². The molecule has 30 heavy (non-hydrogen) atoms. The van der Waals surface area contributed by atoms with Gasteiger partial charge in [-0.05, 0) is 74.4 Å². The molecule has 2 aromatic carbocycles. The van der Waals surface area contributed by atoms with Crippen LogP contribution in [-0.2, 0) is 9.59 Å². The maximum absolute atomic E-state index is 13.2. The molecule has 5 nitrogen and oxygen atoms in total. The lowest BCUT2D eigenvalue weighted by Gasteiger charge is -2.19.